The zero-order valence-corrected chi connectivity index (χ0v) is 43.1. The van der Waals surface area contributed by atoms with Crippen molar-refractivity contribution in [2.75, 3.05) is 0 Å². The van der Waals surface area contributed by atoms with Crippen LogP contribution >= 0.6 is 0 Å². The van der Waals surface area contributed by atoms with Gasteiger partial charge in [-0.25, -0.2) is 28.8 Å². The summed E-state index contributed by atoms with van der Waals surface area (Å²) in [5, 5.41) is 171. The fraction of sp³-hybridized carbons (Fsp3) is 0. The van der Waals surface area contributed by atoms with Crippen molar-refractivity contribution in [3.05, 3.63) is 209 Å². The van der Waals surface area contributed by atoms with Gasteiger partial charge in [0.25, 0.3) is 0 Å². The molecule has 0 aliphatic carbocycles. The molecule has 0 aliphatic rings. The minimum Gasteiger partial charge on any atom is -0.872 e. The first-order valence-corrected chi connectivity index (χ1v) is 24.0. The quantitative estimate of drug-likeness (QED) is 0.0794. The van der Waals surface area contributed by atoms with Crippen LogP contribution < -0.4 is 30.6 Å². The topological polar surface area (TPSA) is 463 Å². The van der Waals surface area contributed by atoms with Gasteiger partial charge in [0.15, 0.2) is 0 Å². The Morgan fingerprint density at radius 3 is 1.27 bits per heavy atom. The van der Waals surface area contributed by atoms with Crippen LogP contribution in [0.15, 0.2) is 176 Å². The Morgan fingerprint density at radius 1 is 0.259 bits per heavy atom. The van der Waals surface area contributed by atoms with Crippen molar-refractivity contribution >= 4 is 89.7 Å². The molecule has 11 rings (SSSR count). The molecule has 0 amide bonds. The number of aromatic hydroxyl groups is 5. The highest BCUT2D eigenvalue weighted by molar-refractivity contribution is 6.05. The molecule has 0 aliphatic heterocycles. The van der Waals surface area contributed by atoms with Gasteiger partial charge >= 0.3 is 35.8 Å². The standard InChI is InChI=1S/5C11H8O4.C7H6O3/c12-7-2-4-8-6(5-7)1-3-9(10(8)13)11(14)15;12-7-3-1-6-2-4-8(11(14)15)10(13)9(6)5-7;12-9-3-1-2-6-4-8(11(14)15)10(13)5-7(6)9;12-9-3-1-2-7-6(9)4-5-8(10(7)13)11(14)15;12-8-3-1-2-6-4-5-7(11(14)15)10(13)9(6)8;8-6-4-2-1-3-5(6)7(9)10/h5*1-5,12-13H,(H,14,15);1-4,8H,(H,9,10)/p-6. The molecule has 11 aromatic rings. The smallest absolute Gasteiger partial charge is 0.339 e. The highest BCUT2D eigenvalue weighted by Gasteiger charge is 2.13. The number of benzene rings is 11. The Kier molecular flexibility index (Phi) is 19.2. The van der Waals surface area contributed by atoms with E-state index in [1.165, 1.54) is 140 Å². The summed E-state index contributed by atoms with van der Waals surface area (Å²) < 4.78 is 0. The van der Waals surface area contributed by atoms with E-state index in [0.717, 1.165) is 0 Å². The summed E-state index contributed by atoms with van der Waals surface area (Å²) in [7, 11) is 0. The van der Waals surface area contributed by atoms with Gasteiger partial charge in [-0.1, -0.05) is 120 Å². The van der Waals surface area contributed by atoms with Crippen molar-refractivity contribution in [2.45, 2.75) is 0 Å². The lowest BCUT2D eigenvalue weighted by molar-refractivity contribution is -0.269. The zero-order chi connectivity index (χ0) is 62.6. The number of para-hydroxylation sites is 1. The van der Waals surface area contributed by atoms with Crippen LogP contribution in [0.25, 0.3) is 53.9 Å². The maximum Gasteiger partial charge on any atom is 0.339 e. The Hall–Kier alpha value is -12.7. The molecule has 0 saturated carbocycles. The predicted octanol–water partition coefficient (Wildman–Crippen LogP) is 7.04. The van der Waals surface area contributed by atoms with Crippen LogP contribution in [-0.2, 0) is 0 Å². The van der Waals surface area contributed by atoms with Crippen molar-refractivity contribution < 1.29 is 116 Å². The third-order valence-electron chi connectivity index (χ3n) is 12.1. The van der Waals surface area contributed by atoms with Crippen LogP contribution in [0.5, 0.6) is 63.2 Å². The highest BCUT2D eigenvalue weighted by Crippen LogP contribution is 2.35. The van der Waals surface area contributed by atoms with Gasteiger partial charge in [0, 0.05) is 10.8 Å². The minimum absolute atomic E-state index is 0.0264. The van der Waals surface area contributed by atoms with E-state index in [-0.39, 0.29) is 78.3 Å². The molecular weight excluding hydrogens is 1110 g/mol. The monoisotopic (exact) mass is 1150 g/mol. The molecule has 11 aromatic carbocycles. The van der Waals surface area contributed by atoms with E-state index in [4.69, 9.17) is 30.6 Å². The minimum atomic E-state index is -1.29. The third-order valence-corrected chi connectivity index (χ3v) is 12.1. The van der Waals surface area contributed by atoms with Crippen molar-refractivity contribution in [3.8, 4) is 63.2 Å². The maximum atomic E-state index is 11.6. The summed E-state index contributed by atoms with van der Waals surface area (Å²) in [5.41, 5.74) is -1.53. The van der Waals surface area contributed by atoms with E-state index in [0.29, 0.717) is 37.7 Å². The van der Waals surface area contributed by atoms with Gasteiger partial charge < -0.3 is 86.8 Å². The summed E-state index contributed by atoms with van der Waals surface area (Å²) in [6, 6.07) is 41.0. The van der Waals surface area contributed by atoms with Gasteiger partial charge in [0.1, 0.15) is 34.3 Å². The van der Waals surface area contributed by atoms with Gasteiger partial charge in [-0.2, -0.15) is 0 Å². The van der Waals surface area contributed by atoms with Gasteiger partial charge in [-0.3, -0.25) is 0 Å². The average Bonchev–Trinajstić information content (AvgIpc) is 3.45. The molecule has 0 aromatic heterocycles. The van der Waals surface area contributed by atoms with E-state index in [1.807, 2.05) is 0 Å². The van der Waals surface area contributed by atoms with E-state index in [9.17, 15) is 84.9 Å². The zero-order valence-electron chi connectivity index (χ0n) is 43.1. The van der Waals surface area contributed by atoms with Gasteiger partial charge in [-0.05, 0) is 128 Å². The van der Waals surface area contributed by atoms with Crippen LogP contribution in [0, 0.1) is 0 Å². The molecule has 0 spiro atoms. The van der Waals surface area contributed by atoms with Crippen molar-refractivity contribution in [1.29, 1.82) is 0 Å². The largest absolute Gasteiger partial charge is 0.872 e. The number of carboxylic acids is 6. The van der Waals surface area contributed by atoms with Crippen LogP contribution in [0.2, 0.25) is 0 Å². The molecule has 23 nitrogen and oxygen atoms in total. The van der Waals surface area contributed by atoms with Crippen LogP contribution in [0.1, 0.15) is 62.1 Å². The Labute approximate surface area is 476 Å². The second-order valence-electron chi connectivity index (χ2n) is 17.5. The number of carboxylic acid groups (broad SMARTS) is 6. The number of fused-ring (bicyclic) bond motifs is 5. The van der Waals surface area contributed by atoms with Gasteiger partial charge in [0.2, 0.25) is 0 Å². The molecule has 11 N–H and O–H groups in total. The van der Waals surface area contributed by atoms with Crippen molar-refractivity contribution in [2.24, 2.45) is 0 Å². The molecular formula is C62H40O23-6. The van der Waals surface area contributed by atoms with Crippen LogP contribution in [0.3, 0.4) is 0 Å². The van der Waals surface area contributed by atoms with Crippen LogP contribution in [0.4, 0.5) is 0 Å². The molecule has 85 heavy (non-hydrogen) atoms. The molecule has 432 valence electrons. The highest BCUT2D eigenvalue weighted by atomic mass is 16.4. The Balaban J connectivity index is 0.000000164. The normalized spacial score (nSPS) is 10.3. The number of aromatic carboxylic acids is 6. The number of hydrogen-bond acceptors (Lipinski definition) is 17. The number of carbonyl (C=O) groups is 6. The first-order chi connectivity index (χ1) is 40.2. The molecule has 23 heteroatoms. The maximum absolute atomic E-state index is 11.6. The molecule has 0 heterocycles. The summed E-state index contributed by atoms with van der Waals surface area (Å²) in [6.45, 7) is 0. The van der Waals surface area contributed by atoms with Crippen molar-refractivity contribution in [1.82, 2.24) is 0 Å². The molecule has 0 fully saturated rings. The third kappa shape index (κ3) is 14.4. The number of rotatable bonds is 6. The average molecular weight is 1150 g/mol. The molecule has 0 bridgehead atoms. The summed E-state index contributed by atoms with van der Waals surface area (Å²) in [6.07, 6.45) is 0. The van der Waals surface area contributed by atoms with E-state index in [1.54, 1.807) is 36.4 Å². The fourth-order valence-electron chi connectivity index (χ4n) is 7.98. The van der Waals surface area contributed by atoms with Gasteiger partial charge in [0.05, 0.1) is 27.8 Å². The van der Waals surface area contributed by atoms with Gasteiger partial charge in [-0.15, -0.1) is 5.75 Å². The predicted molar refractivity (Wildman–Crippen MR) is 293 cm³/mol. The second-order valence-corrected chi connectivity index (χ2v) is 17.5. The fourth-order valence-corrected chi connectivity index (χ4v) is 7.98. The second kappa shape index (κ2) is 26.5. The number of phenolic OH excluding ortho intramolecular Hbond substituents is 4. The molecule has 0 saturated heterocycles. The number of phenols is 5. The Morgan fingerprint density at radius 2 is 0.682 bits per heavy atom. The first kappa shape index (κ1) is 61.6. The summed E-state index contributed by atoms with van der Waals surface area (Å²) in [5.74, 6) is -11.1. The van der Waals surface area contributed by atoms with E-state index < -0.39 is 70.3 Å². The number of hydrogen-bond donors (Lipinski definition) is 11. The van der Waals surface area contributed by atoms with E-state index in [2.05, 4.69) is 0 Å². The lowest BCUT2D eigenvalue weighted by Gasteiger charge is -2.14. The lowest BCUT2D eigenvalue weighted by Crippen LogP contribution is -2.04. The Bertz CT molecular complexity index is 4360. The van der Waals surface area contributed by atoms with Crippen LogP contribution in [-0.4, -0.2) is 92.0 Å². The SMILES string of the molecule is O=C(O)c1cc2cccc([O-])c2cc1O.O=C(O)c1ccc2c(O)cccc2c1[O-].O=C(O)c1ccc2cc(O)ccc2c1[O-].O=C(O)c1ccc2ccc(O)cc2c1[O-].O=C(O)c1ccc2cccc(O)c2c1[O-].O=C(O)c1ccccc1[O-]. The lowest BCUT2D eigenvalue weighted by atomic mass is 10.0. The summed E-state index contributed by atoms with van der Waals surface area (Å²) in [4.78, 5) is 63.7. The summed E-state index contributed by atoms with van der Waals surface area (Å²) >= 11 is 0. The molecule has 0 unspecified atom stereocenters. The molecule has 0 radical (unpaired) electrons. The molecule has 0 atom stereocenters. The van der Waals surface area contributed by atoms with E-state index >= 15 is 0 Å². The first-order valence-electron chi connectivity index (χ1n) is 24.0. The van der Waals surface area contributed by atoms with Crippen molar-refractivity contribution in [3.63, 3.8) is 0 Å².